The molecule has 4 rings (SSSR count). The van der Waals surface area contributed by atoms with Gasteiger partial charge in [-0.1, -0.05) is 36.4 Å². The summed E-state index contributed by atoms with van der Waals surface area (Å²) in [4.78, 5) is 54.9. The minimum Gasteiger partial charge on any atom is -0.497 e. The number of allylic oxidation sites excluding steroid dienone is 2. The molecule has 2 aromatic carbocycles. The molecule has 0 N–H and O–H groups in total. The predicted octanol–water partition coefficient (Wildman–Crippen LogP) is 8.36. The number of carbonyl (C=O) groups excluding carboxylic acids is 4. The second kappa shape index (κ2) is 19.8. The van der Waals surface area contributed by atoms with Crippen LogP contribution in [0, 0.1) is 17.8 Å². The SMILES string of the molecule is CCOC(=O)CCC(CCc1ccc(OC)cc1)CC(=O)CC1C(=O)C(CCc2ccc(OC)cc2)=CCC(=O)CC1CCc1cccs1. The summed E-state index contributed by atoms with van der Waals surface area (Å²) in [6.07, 6.45) is 7.55. The molecule has 0 amide bonds. The first kappa shape index (κ1) is 37.8. The van der Waals surface area contributed by atoms with Crippen LogP contribution >= 0.6 is 11.3 Å². The van der Waals surface area contributed by atoms with Gasteiger partial charge in [-0.05, 0) is 116 Å². The van der Waals surface area contributed by atoms with Crippen molar-refractivity contribution in [3.05, 3.63) is 93.7 Å². The zero-order valence-corrected chi connectivity index (χ0v) is 29.9. The Kier molecular flexibility index (Phi) is 15.3. The van der Waals surface area contributed by atoms with E-state index in [1.807, 2.05) is 60.0 Å². The van der Waals surface area contributed by atoms with E-state index in [0.717, 1.165) is 41.9 Å². The van der Waals surface area contributed by atoms with E-state index in [-0.39, 0.29) is 60.8 Å². The molecule has 3 unspecified atom stereocenters. The van der Waals surface area contributed by atoms with Crippen molar-refractivity contribution in [1.82, 2.24) is 0 Å². The Morgan fingerprint density at radius 3 is 2.14 bits per heavy atom. The van der Waals surface area contributed by atoms with E-state index in [2.05, 4.69) is 6.07 Å². The largest absolute Gasteiger partial charge is 0.497 e. The van der Waals surface area contributed by atoms with Crippen LogP contribution in [-0.4, -0.2) is 44.1 Å². The van der Waals surface area contributed by atoms with Crippen LogP contribution in [0.4, 0.5) is 0 Å². The van der Waals surface area contributed by atoms with Crippen LogP contribution in [0.5, 0.6) is 11.5 Å². The molecule has 7 nitrogen and oxygen atoms in total. The van der Waals surface area contributed by atoms with Gasteiger partial charge in [0.05, 0.1) is 20.8 Å². The van der Waals surface area contributed by atoms with Crippen LogP contribution < -0.4 is 9.47 Å². The third-order valence-corrected chi connectivity index (χ3v) is 10.4. The monoisotopic (exact) mass is 686 g/mol. The normalized spacial score (nSPS) is 17.1. The molecule has 49 heavy (non-hydrogen) atoms. The Balaban J connectivity index is 1.51. The van der Waals surface area contributed by atoms with Gasteiger partial charge < -0.3 is 14.2 Å². The van der Waals surface area contributed by atoms with Crippen molar-refractivity contribution in [2.24, 2.45) is 17.8 Å². The van der Waals surface area contributed by atoms with Gasteiger partial charge in [-0.3, -0.25) is 19.2 Å². The Bertz CT molecular complexity index is 1520. The fourth-order valence-corrected chi connectivity index (χ4v) is 7.39. The molecular formula is C41H50O7S. The molecular weight excluding hydrogens is 637 g/mol. The molecule has 8 heteroatoms. The molecule has 0 saturated heterocycles. The molecule has 0 spiro atoms. The summed E-state index contributed by atoms with van der Waals surface area (Å²) in [5.41, 5.74) is 2.84. The van der Waals surface area contributed by atoms with Crippen molar-refractivity contribution in [3.8, 4) is 11.5 Å². The van der Waals surface area contributed by atoms with Gasteiger partial charge in [-0.15, -0.1) is 11.3 Å². The van der Waals surface area contributed by atoms with E-state index in [4.69, 9.17) is 14.2 Å². The van der Waals surface area contributed by atoms with Gasteiger partial charge >= 0.3 is 5.97 Å². The summed E-state index contributed by atoms with van der Waals surface area (Å²) >= 11 is 1.67. The van der Waals surface area contributed by atoms with Crippen LogP contribution in [0.25, 0.3) is 0 Å². The zero-order valence-electron chi connectivity index (χ0n) is 29.1. The number of methoxy groups -OCH3 is 2. The fourth-order valence-electron chi connectivity index (χ4n) is 6.67. The van der Waals surface area contributed by atoms with Crippen molar-refractivity contribution < 1.29 is 33.4 Å². The fraction of sp³-hybridized carbons (Fsp3) is 0.463. The molecule has 1 aliphatic carbocycles. The molecule has 262 valence electrons. The highest BCUT2D eigenvalue weighted by atomic mass is 32.1. The molecule has 1 aliphatic rings. The number of aryl methyl sites for hydroxylation is 3. The van der Waals surface area contributed by atoms with Crippen molar-refractivity contribution in [2.75, 3.05) is 20.8 Å². The second-order valence-electron chi connectivity index (χ2n) is 12.9. The Morgan fingerprint density at radius 1 is 0.857 bits per heavy atom. The molecule has 0 radical (unpaired) electrons. The highest BCUT2D eigenvalue weighted by Crippen LogP contribution is 2.34. The molecule has 0 fully saturated rings. The third-order valence-electron chi connectivity index (χ3n) is 9.50. The number of ketones is 3. The lowest BCUT2D eigenvalue weighted by Crippen LogP contribution is -2.32. The quantitative estimate of drug-likeness (QED) is 0.117. The molecule has 0 bridgehead atoms. The lowest BCUT2D eigenvalue weighted by Gasteiger charge is -2.29. The first-order chi connectivity index (χ1) is 23.8. The van der Waals surface area contributed by atoms with E-state index < -0.39 is 5.92 Å². The average molecular weight is 687 g/mol. The zero-order chi connectivity index (χ0) is 35.0. The van der Waals surface area contributed by atoms with Crippen molar-refractivity contribution >= 4 is 34.7 Å². The third kappa shape index (κ3) is 12.4. The Morgan fingerprint density at radius 2 is 1.53 bits per heavy atom. The van der Waals surface area contributed by atoms with Crippen molar-refractivity contribution in [1.29, 1.82) is 0 Å². The van der Waals surface area contributed by atoms with E-state index in [1.54, 1.807) is 38.6 Å². The van der Waals surface area contributed by atoms with Crippen LogP contribution in [0.2, 0.25) is 0 Å². The number of rotatable bonds is 19. The van der Waals surface area contributed by atoms with Crippen LogP contribution in [-0.2, 0) is 43.2 Å². The summed E-state index contributed by atoms with van der Waals surface area (Å²) in [5.74, 6) is 0.572. The molecule has 1 aromatic heterocycles. The minimum absolute atomic E-state index is 0.00518. The van der Waals surface area contributed by atoms with Gasteiger partial charge in [-0.25, -0.2) is 0 Å². The molecule has 0 saturated carbocycles. The maximum Gasteiger partial charge on any atom is 0.305 e. The molecule has 3 atom stereocenters. The van der Waals surface area contributed by atoms with Crippen LogP contribution in [0.1, 0.15) is 80.7 Å². The van der Waals surface area contributed by atoms with Gasteiger partial charge in [-0.2, -0.15) is 0 Å². The first-order valence-corrected chi connectivity index (χ1v) is 18.4. The number of thiophene rings is 1. The second-order valence-corrected chi connectivity index (χ2v) is 13.9. The summed E-state index contributed by atoms with van der Waals surface area (Å²) in [5, 5.41) is 2.03. The number of hydrogen-bond donors (Lipinski definition) is 0. The van der Waals surface area contributed by atoms with Crippen LogP contribution in [0.3, 0.4) is 0 Å². The smallest absolute Gasteiger partial charge is 0.305 e. The minimum atomic E-state index is -0.564. The number of esters is 1. The topological polar surface area (TPSA) is 96.0 Å². The summed E-state index contributed by atoms with van der Waals surface area (Å²) in [6, 6.07) is 19.8. The van der Waals surface area contributed by atoms with E-state index in [1.165, 1.54) is 4.88 Å². The lowest BCUT2D eigenvalue weighted by molar-refractivity contribution is -0.143. The number of ether oxygens (including phenoxy) is 3. The van der Waals surface area contributed by atoms with Crippen LogP contribution in [0.15, 0.2) is 77.7 Å². The first-order valence-electron chi connectivity index (χ1n) is 17.5. The van der Waals surface area contributed by atoms with Gasteiger partial charge in [0.25, 0.3) is 0 Å². The highest BCUT2D eigenvalue weighted by Gasteiger charge is 2.35. The number of carbonyl (C=O) groups is 4. The van der Waals surface area contributed by atoms with E-state index >= 15 is 0 Å². The van der Waals surface area contributed by atoms with E-state index in [0.29, 0.717) is 44.3 Å². The average Bonchev–Trinajstić information content (AvgIpc) is 3.64. The van der Waals surface area contributed by atoms with Crippen molar-refractivity contribution in [2.45, 2.75) is 84.0 Å². The lowest BCUT2D eigenvalue weighted by atomic mass is 9.73. The maximum atomic E-state index is 14.3. The van der Waals surface area contributed by atoms with Gasteiger partial charge in [0, 0.05) is 42.9 Å². The van der Waals surface area contributed by atoms with E-state index in [9.17, 15) is 19.2 Å². The highest BCUT2D eigenvalue weighted by molar-refractivity contribution is 7.09. The predicted molar refractivity (Wildman–Crippen MR) is 193 cm³/mol. The standard InChI is InChI=1S/C41H50O7S/c1-4-48-40(44)24-14-31(8-7-29-10-19-36(46-2)20-11-29)26-35(43)28-39-33(17-23-38-6-5-25-49-38)27-34(42)18-16-32(41(39)45)15-9-30-12-21-37(47-3)22-13-30/h5-6,10-13,16,19-22,25,31,33,39H,4,7-9,14-15,17-18,23-24,26-28H2,1-3H3. The number of benzene rings is 2. The maximum absolute atomic E-state index is 14.3. The molecule has 3 aromatic rings. The number of hydrogen-bond acceptors (Lipinski definition) is 8. The summed E-state index contributed by atoms with van der Waals surface area (Å²) in [7, 11) is 3.26. The summed E-state index contributed by atoms with van der Waals surface area (Å²) < 4.78 is 15.8. The summed E-state index contributed by atoms with van der Waals surface area (Å²) in [6.45, 7) is 2.10. The Labute approximate surface area is 295 Å². The van der Waals surface area contributed by atoms with Gasteiger partial charge in [0.15, 0.2) is 5.78 Å². The van der Waals surface area contributed by atoms with Gasteiger partial charge in [0.2, 0.25) is 0 Å². The molecule has 0 aliphatic heterocycles. The Hall–Kier alpha value is -4.04. The molecule has 1 heterocycles. The van der Waals surface area contributed by atoms with Gasteiger partial charge in [0.1, 0.15) is 23.1 Å². The van der Waals surface area contributed by atoms with Crippen molar-refractivity contribution in [3.63, 3.8) is 0 Å². The number of Topliss-reactive ketones (excluding diaryl/α,β-unsaturated/α-hetero) is 3.